The Bertz CT molecular complexity index is 2630. The van der Waals surface area contributed by atoms with Crippen molar-refractivity contribution < 1.29 is 0 Å². The van der Waals surface area contributed by atoms with E-state index >= 15 is 0 Å². The Kier molecular flexibility index (Phi) is 12.3. The molecule has 8 aromatic carbocycles. The maximum absolute atomic E-state index is 2.47. The van der Waals surface area contributed by atoms with Crippen LogP contribution in [0.1, 0.15) is 68.9 Å². The fourth-order valence-electron chi connectivity index (χ4n) is 8.55. The van der Waals surface area contributed by atoms with Crippen LogP contribution in [0.3, 0.4) is 0 Å². The van der Waals surface area contributed by atoms with Gasteiger partial charge in [-0.05, 0) is 158 Å². The third kappa shape index (κ3) is 9.11. The molecule has 0 saturated carbocycles. The molecule has 0 nitrogen and oxygen atoms in total. The van der Waals surface area contributed by atoms with Crippen LogP contribution in [-0.2, 0) is 0 Å². The topological polar surface area (TPSA) is 0 Å². The van der Waals surface area contributed by atoms with Gasteiger partial charge in [0.25, 0.3) is 0 Å². The summed E-state index contributed by atoms with van der Waals surface area (Å²) < 4.78 is 0. The molecule has 0 aromatic heterocycles. The van der Waals surface area contributed by atoms with E-state index in [2.05, 4.69) is 225 Å². The second-order valence-corrected chi connectivity index (χ2v) is 19.6. The van der Waals surface area contributed by atoms with Crippen molar-refractivity contribution >= 4 is 21.6 Å². The standard InChI is InChI=1S/C58H54S2/c1-37-15-9-21-45(27-37)51-33-53(57(49-25-13-19-41(5)31-49)55(35-51)47-23-11-17-39(3)29-47)43(7)59-60-44(8)54-34-52(46-22-10-16-38(2)28-46)36-56(48-24-12-18-40(4)30-48)58(54)50-26-14-20-42(6)32-50/h9-36,43-44H,1-8H3/t43-,44-/m1/s1. The van der Waals surface area contributed by atoms with Crippen LogP contribution in [0.15, 0.2) is 170 Å². The molecule has 60 heavy (non-hydrogen) atoms. The Morgan fingerprint density at radius 2 is 0.550 bits per heavy atom. The highest BCUT2D eigenvalue weighted by Crippen LogP contribution is 2.53. The van der Waals surface area contributed by atoms with E-state index in [1.54, 1.807) is 0 Å². The zero-order chi connectivity index (χ0) is 41.9. The van der Waals surface area contributed by atoms with Gasteiger partial charge in [0, 0.05) is 10.5 Å². The van der Waals surface area contributed by atoms with E-state index in [4.69, 9.17) is 0 Å². The van der Waals surface area contributed by atoms with E-state index < -0.39 is 0 Å². The van der Waals surface area contributed by atoms with E-state index in [0.717, 1.165) is 0 Å². The molecule has 298 valence electrons. The summed E-state index contributed by atoms with van der Waals surface area (Å²) >= 11 is 0. The average molecular weight is 815 g/mol. The van der Waals surface area contributed by atoms with E-state index in [1.165, 1.54) is 111 Å². The number of hydrogen-bond acceptors (Lipinski definition) is 2. The quantitative estimate of drug-likeness (QED) is 0.119. The van der Waals surface area contributed by atoms with Crippen LogP contribution in [0, 0.1) is 41.5 Å². The molecule has 0 amide bonds. The van der Waals surface area contributed by atoms with Crippen molar-refractivity contribution in [1.29, 1.82) is 0 Å². The highest BCUT2D eigenvalue weighted by atomic mass is 33.1. The van der Waals surface area contributed by atoms with E-state index in [0.29, 0.717) is 0 Å². The van der Waals surface area contributed by atoms with Crippen LogP contribution >= 0.6 is 21.6 Å². The lowest BCUT2D eigenvalue weighted by atomic mass is 9.85. The molecule has 0 aliphatic carbocycles. The summed E-state index contributed by atoms with van der Waals surface area (Å²) in [6, 6.07) is 63.8. The van der Waals surface area contributed by atoms with Gasteiger partial charge in [0.1, 0.15) is 0 Å². The predicted octanol–water partition coefficient (Wildman–Crippen LogP) is 17.7. The first-order valence-electron chi connectivity index (χ1n) is 21.1. The molecule has 0 unspecified atom stereocenters. The zero-order valence-electron chi connectivity index (χ0n) is 36.1. The van der Waals surface area contributed by atoms with Gasteiger partial charge in [-0.15, -0.1) is 0 Å². The minimum absolute atomic E-state index is 0.180. The van der Waals surface area contributed by atoms with Crippen LogP contribution in [0.4, 0.5) is 0 Å². The lowest BCUT2D eigenvalue weighted by molar-refractivity contribution is 1.10. The molecule has 0 fully saturated rings. The minimum atomic E-state index is 0.180. The van der Waals surface area contributed by atoms with Crippen molar-refractivity contribution in [3.05, 3.63) is 214 Å². The van der Waals surface area contributed by atoms with Crippen LogP contribution in [0.25, 0.3) is 66.8 Å². The second kappa shape index (κ2) is 18.0. The van der Waals surface area contributed by atoms with Gasteiger partial charge in [0.05, 0.1) is 0 Å². The third-order valence-corrected chi connectivity index (χ3v) is 14.8. The van der Waals surface area contributed by atoms with Gasteiger partial charge in [0.2, 0.25) is 0 Å². The maximum atomic E-state index is 2.47. The van der Waals surface area contributed by atoms with Gasteiger partial charge in [0.15, 0.2) is 0 Å². The first-order valence-corrected chi connectivity index (χ1v) is 23.4. The molecule has 0 bridgehead atoms. The maximum Gasteiger partial charge on any atom is 0.0379 e. The SMILES string of the molecule is Cc1cccc(-c2cc(-c3cccc(C)c3)c(-c3cccc(C)c3)c([C@@H](C)SS[C@H](C)c3cc(-c4cccc(C)c4)cc(-c4cccc(C)c4)c3-c3cccc(C)c3)c2)c1. The van der Waals surface area contributed by atoms with Gasteiger partial charge < -0.3 is 0 Å². The summed E-state index contributed by atoms with van der Waals surface area (Å²) in [7, 11) is 3.98. The summed E-state index contributed by atoms with van der Waals surface area (Å²) in [6.07, 6.45) is 0. The van der Waals surface area contributed by atoms with Gasteiger partial charge in [-0.2, -0.15) is 0 Å². The monoisotopic (exact) mass is 814 g/mol. The molecule has 0 aliphatic rings. The average Bonchev–Trinajstić information content (AvgIpc) is 3.24. The van der Waals surface area contributed by atoms with Gasteiger partial charge >= 0.3 is 0 Å². The third-order valence-electron chi connectivity index (χ3n) is 11.5. The Morgan fingerprint density at radius 1 is 0.283 bits per heavy atom. The fourth-order valence-corrected chi connectivity index (χ4v) is 11.1. The zero-order valence-corrected chi connectivity index (χ0v) is 37.8. The van der Waals surface area contributed by atoms with Crippen molar-refractivity contribution in [2.45, 2.75) is 65.9 Å². The smallest absolute Gasteiger partial charge is 0.0379 e. The number of aryl methyl sites for hydroxylation is 6. The first-order chi connectivity index (χ1) is 29.0. The summed E-state index contributed by atoms with van der Waals surface area (Å²) in [6.45, 7) is 18.0. The molecule has 0 saturated heterocycles. The molecule has 0 heterocycles. The van der Waals surface area contributed by atoms with Crippen LogP contribution in [-0.4, -0.2) is 0 Å². The summed E-state index contributed by atoms with van der Waals surface area (Å²) in [4.78, 5) is 0. The van der Waals surface area contributed by atoms with Crippen molar-refractivity contribution in [2.75, 3.05) is 0 Å². The molecule has 8 rings (SSSR count). The Morgan fingerprint density at radius 3 is 0.867 bits per heavy atom. The molecular formula is C58H54S2. The fraction of sp³-hybridized carbons (Fsp3) is 0.172. The largest absolute Gasteiger partial charge is 0.0856 e. The minimum Gasteiger partial charge on any atom is -0.0856 e. The van der Waals surface area contributed by atoms with Gasteiger partial charge in [-0.25, -0.2) is 0 Å². The second-order valence-electron chi connectivity index (χ2n) is 16.7. The molecular weight excluding hydrogens is 761 g/mol. The number of rotatable bonds is 11. The highest BCUT2D eigenvalue weighted by molar-refractivity contribution is 8.76. The lowest BCUT2D eigenvalue weighted by Crippen LogP contribution is -2.00. The lowest BCUT2D eigenvalue weighted by Gasteiger charge is -2.25. The Hall–Kier alpha value is -5.54. The van der Waals surface area contributed by atoms with Crippen LogP contribution < -0.4 is 0 Å². The molecule has 0 aliphatic heterocycles. The first kappa shape index (κ1) is 41.2. The van der Waals surface area contributed by atoms with Crippen molar-refractivity contribution in [1.82, 2.24) is 0 Å². The van der Waals surface area contributed by atoms with Crippen LogP contribution in [0.5, 0.6) is 0 Å². The van der Waals surface area contributed by atoms with Crippen molar-refractivity contribution in [2.24, 2.45) is 0 Å². The van der Waals surface area contributed by atoms with E-state index in [1.807, 2.05) is 21.6 Å². The predicted molar refractivity (Wildman–Crippen MR) is 266 cm³/mol. The van der Waals surface area contributed by atoms with Crippen molar-refractivity contribution in [3.63, 3.8) is 0 Å². The molecule has 8 aromatic rings. The van der Waals surface area contributed by atoms with Crippen molar-refractivity contribution in [3.8, 4) is 66.8 Å². The molecule has 0 spiro atoms. The normalized spacial score (nSPS) is 12.3. The summed E-state index contributed by atoms with van der Waals surface area (Å²) in [5.41, 5.74) is 25.5. The molecule has 2 atom stereocenters. The Labute approximate surface area is 366 Å². The van der Waals surface area contributed by atoms with Gasteiger partial charge in [-0.3, -0.25) is 0 Å². The Balaban J connectivity index is 1.28. The number of benzene rings is 8. The van der Waals surface area contributed by atoms with E-state index in [9.17, 15) is 0 Å². The number of hydrogen-bond donors (Lipinski definition) is 0. The van der Waals surface area contributed by atoms with Crippen LogP contribution in [0.2, 0.25) is 0 Å². The summed E-state index contributed by atoms with van der Waals surface area (Å²) in [5, 5.41) is 0.361. The molecule has 2 heteroatoms. The summed E-state index contributed by atoms with van der Waals surface area (Å²) in [5.74, 6) is 0. The molecule has 0 N–H and O–H groups in total. The van der Waals surface area contributed by atoms with Gasteiger partial charge in [-0.1, -0.05) is 201 Å². The van der Waals surface area contributed by atoms with E-state index in [-0.39, 0.29) is 10.5 Å². The molecule has 0 radical (unpaired) electrons. The highest BCUT2D eigenvalue weighted by Gasteiger charge is 2.24.